The van der Waals surface area contributed by atoms with Gasteiger partial charge in [-0.25, -0.2) is 0 Å². The fraction of sp³-hybridized carbons (Fsp3) is 0.300. The molecule has 2 rings (SSSR count). The Balaban J connectivity index is 1.75. The third-order valence-electron chi connectivity index (χ3n) is 3.51. The van der Waals surface area contributed by atoms with Crippen molar-refractivity contribution >= 4 is 11.9 Å². The first kappa shape index (κ1) is 17.7. The summed E-state index contributed by atoms with van der Waals surface area (Å²) < 4.78 is 10.1. The lowest BCUT2D eigenvalue weighted by Gasteiger charge is -2.06. The number of carbonyl (C=O) groups excluding carboxylic acids is 2. The van der Waals surface area contributed by atoms with E-state index in [0.29, 0.717) is 38.0 Å². The summed E-state index contributed by atoms with van der Waals surface area (Å²) in [6, 6.07) is 17.4. The van der Waals surface area contributed by atoms with Crippen molar-refractivity contribution in [3.05, 3.63) is 54.6 Å². The van der Waals surface area contributed by atoms with E-state index in [1.54, 1.807) is 19.1 Å². The van der Waals surface area contributed by atoms with Crippen LogP contribution >= 0.6 is 0 Å². The number of rotatable bonds is 8. The Bertz CT molecular complexity index is 647. The Morgan fingerprint density at radius 1 is 0.792 bits per heavy atom. The van der Waals surface area contributed by atoms with E-state index in [9.17, 15) is 9.59 Å². The van der Waals surface area contributed by atoms with Gasteiger partial charge in [0.05, 0.1) is 6.61 Å². The van der Waals surface area contributed by atoms with Crippen LogP contribution in [0.4, 0.5) is 0 Å². The van der Waals surface area contributed by atoms with E-state index >= 15 is 0 Å². The maximum Gasteiger partial charge on any atom is 0.311 e. The van der Waals surface area contributed by atoms with Gasteiger partial charge < -0.3 is 9.47 Å². The number of carbonyl (C=O) groups is 2. The third-order valence-corrected chi connectivity index (χ3v) is 3.51. The molecule has 0 aliphatic rings. The van der Waals surface area contributed by atoms with Crippen LogP contribution in [0.1, 0.15) is 32.6 Å². The highest BCUT2D eigenvalue weighted by atomic mass is 16.5. The largest absolute Gasteiger partial charge is 0.466 e. The molecule has 0 fully saturated rings. The molecule has 0 saturated heterocycles. The number of unbranched alkanes of at least 4 members (excludes halogenated alkanes) is 1. The Kier molecular flexibility index (Phi) is 7.02. The van der Waals surface area contributed by atoms with Crippen LogP contribution in [0.5, 0.6) is 5.75 Å². The Morgan fingerprint density at radius 3 is 2.00 bits per heavy atom. The van der Waals surface area contributed by atoms with Gasteiger partial charge in [-0.2, -0.15) is 0 Å². The van der Waals surface area contributed by atoms with Gasteiger partial charge in [0, 0.05) is 12.8 Å². The molecule has 0 spiro atoms. The normalized spacial score (nSPS) is 10.2. The first-order valence-corrected chi connectivity index (χ1v) is 8.21. The topological polar surface area (TPSA) is 52.6 Å². The van der Waals surface area contributed by atoms with Gasteiger partial charge in [0.2, 0.25) is 0 Å². The maximum absolute atomic E-state index is 11.8. The average molecular weight is 326 g/mol. The molecule has 2 aromatic carbocycles. The van der Waals surface area contributed by atoms with Gasteiger partial charge in [-0.05, 0) is 43.0 Å². The van der Waals surface area contributed by atoms with Crippen LogP contribution in [0.25, 0.3) is 11.1 Å². The van der Waals surface area contributed by atoms with Crippen LogP contribution in [0, 0.1) is 0 Å². The Hall–Kier alpha value is -2.62. The van der Waals surface area contributed by atoms with E-state index in [4.69, 9.17) is 9.47 Å². The van der Waals surface area contributed by atoms with Crippen molar-refractivity contribution in [2.24, 2.45) is 0 Å². The summed E-state index contributed by atoms with van der Waals surface area (Å²) in [5, 5.41) is 0. The van der Waals surface area contributed by atoms with Crippen molar-refractivity contribution in [2.75, 3.05) is 6.61 Å². The Labute approximate surface area is 142 Å². The standard InChI is InChI=1S/C20H22O4/c1-2-23-19(21)10-6-7-11-20(22)24-18-14-12-17(13-15-18)16-8-4-3-5-9-16/h3-5,8-9,12-15H,2,6-7,10-11H2,1H3. The molecule has 0 aliphatic heterocycles. The van der Waals surface area contributed by atoms with Crippen molar-refractivity contribution in [1.29, 1.82) is 0 Å². The monoisotopic (exact) mass is 326 g/mol. The SMILES string of the molecule is CCOC(=O)CCCCC(=O)Oc1ccc(-c2ccccc2)cc1. The highest BCUT2D eigenvalue weighted by molar-refractivity contribution is 5.73. The zero-order valence-electron chi connectivity index (χ0n) is 13.9. The summed E-state index contributed by atoms with van der Waals surface area (Å²) in [4.78, 5) is 23.0. The van der Waals surface area contributed by atoms with Gasteiger partial charge in [0.15, 0.2) is 0 Å². The maximum atomic E-state index is 11.8. The summed E-state index contributed by atoms with van der Waals surface area (Å²) in [6.07, 6.45) is 1.87. The lowest BCUT2D eigenvalue weighted by Crippen LogP contribution is -2.08. The minimum Gasteiger partial charge on any atom is -0.466 e. The number of benzene rings is 2. The van der Waals surface area contributed by atoms with E-state index in [-0.39, 0.29) is 11.9 Å². The number of hydrogen-bond donors (Lipinski definition) is 0. The molecule has 126 valence electrons. The van der Waals surface area contributed by atoms with Gasteiger partial charge in [-0.15, -0.1) is 0 Å². The Morgan fingerprint density at radius 2 is 1.38 bits per heavy atom. The first-order chi connectivity index (χ1) is 11.7. The van der Waals surface area contributed by atoms with E-state index in [2.05, 4.69) is 0 Å². The number of ether oxygens (including phenoxy) is 2. The quantitative estimate of drug-likeness (QED) is 0.410. The molecule has 4 nitrogen and oxygen atoms in total. The van der Waals surface area contributed by atoms with E-state index < -0.39 is 0 Å². The van der Waals surface area contributed by atoms with Crippen molar-refractivity contribution in [2.45, 2.75) is 32.6 Å². The second-order valence-electron chi connectivity index (χ2n) is 5.38. The summed E-state index contributed by atoms with van der Waals surface area (Å²) in [5.41, 5.74) is 2.19. The van der Waals surface area contributed by atoms with Crippen LogP contribution < -0.4 is 4.74 Å². The zero-order chi connectivity index (χ0) is 17.2. The molecule has 2 aromatic rings. The van der Waals surface area contributed by atoms with E-state index in [1.165, 1.54) is 0 Å². The molecular weight excluding hydrogens is 304 g/mol. The van der Waals surface area contributed by atoms with Gasteiger partial charge in [-0.1, -0.05) is 42.5 Å². The van der Waals surface area contributed by atoms with Crippen LogP contribution in [0.3, 0.4) is 0 Å². The second-order valence-corrected chi connectivity index (χ2v) is 5.38. The van der Waals surface area contributed by atoms with Crippen LogP contribution in [-0.4, -0.2) is 18.5 Å². The van der Waals surface area contributed by atoms with Crippen LogP contribution in [0.15, 0.2) is 54.6 Å². The molecule has 0 aliphatic carbocycles. The molecule has 0 bridgehead atoms. The lowest BCUT2D eigenvalue weighted by atomic mass is 10.1. The third kappa shape index (κ3) is 5.88. The molecular formula is C20H22O4. The molecule has 0 heterocycles. The van der Waals surface area contributed by atoms with Crippen LogP contribution in [-0.2, 0) is 14.3 Å². The molecule has 0 atom stereocenters. The number of esters is 2. The predicted octanol–water partition coefficient (Wildman–Crippen LogP) is 4.38. The van der Waals surface area contributed by atoms with Crippen LogP contribution in [0.2, 0.25) is 0 Å². The van der Waals surface area contributed by atoms with Gasteiger partial charge >= 0.3 is 11.9 Å². The number of hydrogen-bond acceptors (Lipinski definition) is 4. The molecule has 0 saturated carbocycles. The molecule has 0 unspecified atom stereocenters. The highest BCUT2D eigenvalue weighted by Gasteiger charge is 2.07. The first-order valence-electron chi connectivity index (χ1n) is 8.21. The van der Waals surface area contributed by atoms with E-state index in [0.717, 1.165) is 11.1 Å². The molecule has 0 N–H and O–H groups in total. The summed E-state index contributed by atoms with van der Waals surface area (Å²) in [7, 11) is 0. The smallest absolute Gasteiger partial charge is 0.311 e. The molecule has 0 amide bonds. The minimum absolute atomic E-state index is 0.220. The fourth-order valence-corrected chi connectivity index (χ4v) is 2.30. The molecule has 24 heavy (non-hydrogen) atoms. The zero-order valence-corrected chi connectivity index (χ0v) is 13.9. The fourth-order valence-electron chi connectivity index (χ4n) is 2.30. The van der Waals surface area contributed by atoms with Crippen molar-refractivity contribution in [1.82, 2.24) is 0 Å². The predicted molar refractivity (Wildman–Crippen MR) is 92.6 cm³/mol. The molecule has 0 aromatic heterocycles. The van der Waals surface area contributed by atoms with Gasteiger partial charge in [0.25, 0.3) is 0 Å². The summed E-state index contributed by atoms with van der Waals surface area (Å²) >= 11 is 0. The second kappa shape index (κ2) is 9.50. The summed E-state index contributed by atoms with van der Waals surface area (Å²) in [6.45, 7) is 2.16. The molecule has 0 radical (unpaired) electrons. The average Bonchev–Trinajstić information content (AvgIpc) is 2.60. The van der Waals surface area contributed by atoms with Gasteiger partial charge in [0.1, 0.15) is 5.75 Å². The van der Waals surface area contributed by atoms with Crippen molar-refractivity contribution in [3.8, 4) is 16.9 Å². The summed E-state index contributed by atoms with van der Waals surface area (Å²) in [5.74, 6) is 0.0266. The highest BCUT2D eigenvalue weighted by Crippen LogP contribution is 2.22. The van der Waals surface area contributed by atoms with E-state index in [1.807, 2.05) is 42.5 Å². The van der Waals surface area contributed by atoms with Crippen molar-refractivity contribution in [3.63, 3.8) is 0 Å². The van der Waals surface area contributed by atoms with Gasteiger partial charge in [-0.3, -0.25) is 9.59 Å². The molecule has 4 heteroatoms. The lowest BCUT2D eigenvalue weighted by molar-refractivity contribution is -0.143. The van der Waals surface area contributed by atoms with Crippen molar-refractivity contribution < 1.29 is 19.1 Å². The minimum atomic E-state index is -0.286.